The van der Waals surface area contributed by atoms with Crippen molar-refractivity contribution >= 4 is 5.69 Å². The maximum atomic E-state index is 9.27. The Morgan fingerprint density at radius 3 is 2.90 bits per heavy atom. The van der Waals surface area contributed by atoms with Crippen molar-refractivity contribution in [1.82, 2.24) is 0 Å². The molecule has 0 aromatic heterocycles. The van der Waals surface area contributed by atoms with Gasteiger partial charge < -0.3 is 5.73 Å². The van der Waals surface area contributed by atoms with Gasteiger partial charge in [-0.05, 0) is 48.1 Å². The van der Waals surface area contributed by atoms with E-state index in [1.807, 2.05) is 30.4 Å². The third kappa shape index (κ3) is 3.86. The Kier molecular flexibility index (Phi) is 5.00. The molecule has 2 atom stereocenters. The maximum Gasteiger partial charge on any atom is 0.0988 e. The van der Waals surface area contributed by atoms with Gasteiger partial charge in [-0.2, -0.15) is 5.26 Å². The van der Waals surface area contributed by atoms with Gasteiger partial charge in [-0.25, -0.2) is 0 Å². The summed E-state index contributed by atoms with van der Waals surface area (Å²) in [4.78, 5) is 0. The van der Waals surface area contributed by atoms with E-state index in [4.69, 9.17) is 5.73 Å². The summed E-state index contributed by atoms with van der Waals surface area (Å²) in [6, 6.07) is 10.3. The molecule has 0 aliphatic heterocycles. The van der Waals surface area contributed by atoms with E-state index in [0.29, 0.717) is 5.92 Å². The van der Waals surface area contributed by atoms with Crippen LogP contribution < -0.4 is 5.73 Å². The maximum absolute atomic E-state index is 9.27. The molecule has 0 saturated carbocycles. The highest BCUT2D eigenvalue weighted by Crippen LogP contribution is 2.32. The van der Waals surface area contributed by atoms with Crippen molar-refractivity contribution in [1.29, 1.82) is 5.26 Å². The summed E-state index contributed by atoms with van der Waals surface area (Å²) in [6.07, 6.45) is 10.3. The Balaban J connectivity index is 2.44. The summed E-state index contributed by atoms with van der Waals surface area (Å²) in [6.45, 7) is 4.34. The van der Waals surface area contributed by atoms with Crippen LogP contribution in [0.25, 0.3) is 0 Å². The van der Waals surface area contributed by atoms with E-state index in [9.17, 15) is 5.26 Å². The third-order valence-corrected chi connectivity index (χ3v) is 3.90. The van der Waals surface area contributed by atoms with Crippen molar-refractivity contribution in [3.8, 4) is 6.07 Å². The lowest BCUT2D eigenvalue weighted by Gasteiger charge is -2.19. The first kappa shape index (κ1) is 15.1. The number of hydrogen-bond acceptors (Lipinski definition) is 2. The first-order valence-electron chi connectivity index (χ1n) is 7.49. The molecule has 1 aliphatic carbocycles. The van der Waals surface area contributed by atoms with Crippen LogP contribution in [-0.2, 0) is 0 Å². The highest BCUT2D eigenvalue weighted by molar-refractivity contribution is 5.48. The first-order valence-corrected chi connectivity index (χ1v) is 7.49. The summed E-state index contributed by atoms with van der Waals surface area (Å²) in [5.41, 5.74) is 9.84. The lowest BCUT2D eigenvalue weighted by molar-refractivity contribution is 0.729. The molecule has 108 valence electrons. The van der Waals surface area contributed by atoms with E-state index >= 15 is 0 Å². The molecule has 1 aliphatic rings. The fourth-order valence-electron chi connectivity index (χ4n) is 2.69. The van der Waals surface area contributed by atoms with Crippen LogP contribution in [0, 0.1) is 17.2 Å². The Morgan fingerprint density at radius 1 is 1.43 bits per heavy atom. The number of nitriles is 1. The number of rotatable bonds is 3. The highest BCUT2D eigenvalue weighted by atomic mass is 14.5. The van der Waals surface area contributed by atoms with Gasteiger partial charge in [0.15, 0.2) is 0 Å². The van der Waals surface area contributed by atoms with Gasteiger partial charge in [0.25, 0.3) is 0 Å². The van der Waals surface area contributed by atoms with Crippen LogP contribution in [0.4, 0.5) is 5.69 Å². The standard InChI is InChI=1S/C19H22N2/c1-3-19(16-5-4-6-18(21)12-16)17-10-8-14(2)7-9-15(11-17)13-20/h4-6,8-12,14,19H,3,7,21H2,1-2H3/b10-8-,15-9-,17-11+. The molecule has 2 nitrogen and oxygen atoms in total. The van der Waals surface area contributed by atoms with Crippen LogP contribution in [0.5, 0.6) is 0 Å². The number of allylic oxidation sites excluding steroid dienone is 6. The number of anilines is 1. The van der Waals surface area contributed by atoms with Crippen molar-refractivity contribution < 1.29 is 0 Å². The minimum atomic E-state index is 0.270. The lowest BCUT2D eigenvalue weighted by Crippen LogP contribution is -2.03. The van der Waals surface area contributed by atoms with Gasteiger partial charge in [0.05, 0.1) is 6.07 Å². The molecule has 0 amide bonds. The molecule has 0 bridgehead atoms. The van der Waals surface area contributed by atoms with Crippen LogP contribution >= 0.6 is 0 Å². The normalized spacial score (nSPS) is 26.2. The van der Waals surface area contributed by atoms with E-state index in [2.05, 4.69) is 38.1 Å². The minimum absolute atomic E-state index is 0.270. The average molecular weight is 278 g/mol. The molecule has 2 rings (SSSR count). The van der Waals surface area contributed by atoms with Crippen LogP contribution in [-0.4, -0.2) is 0 Å². The van der Waals surface area contributed by atoms with Gasteiger partial charge in [0.2, 0.25) is 0 Å². The van der Waals surface area contributed by atoms with Crippen molar-refractivity contribution in [2.45, 2.75) is 32.6 Å². The molecule has 0 spiro atoms. The van der Waals surface area contributed by atoms with Crippen LogP contribution in [0.15, 0.2) is 59.7 Å². The van der Waals surface area contributed by atoms with E-state index in [0.717, 1.165) is 24.1 Å². The molecule has 2 unspecified atom stereocenters. The van der Waals surface area contributed by atoms with Gasteiger partial charge >= 0.3 is 0 Å². The molecular formula is C19H22N2. The Bertz CT molecular complexity index is 629. The van der Waals surface area contributed by atoms with Crippen molar-refractivity contribution in [3.05, 3.63) is 65.3 Å². The van der Waals surface area contributed by atoms with E-state index in [1.165, 1.54) is 11.1 Å². The minimum Gasteiger partial charge on any atom is -0.399 e. The summed E-state index contributed by atoms with van der Waals surface area (Å²) < 4.78 is 0. The highest BCUT2D eigenvalue weighted by Gasteiger charge is 2.15. The molecular weight excluding hydrogens is 256 g/mol. The molecule has 1 aromatic rings. The largest absolute Gasteiger partial charge is 0.399 e. The van der Waals surface area contributed by atoms with E-state index < -0.39 is 0 Å². The van der Waals surface area contributed by atoms with Gasteiger partial charge in [0.1, 0.15) is 0 Å². The number of nitrogen functional groups attached to an aromatic ring is 1. The SMILES string of the molecule is CCC(C1=C/C(C#N)=C/CC(C)/C=C\1)c1cccc(N)c1. The zero-order valence-electron chi connectivity index (χ0n) is 12.7. The summed E-state index contributed by atoms with van der Waals surface area (Å²) >= 11 is 0. The summed E-state index contributed by atoms with van der Waals surface area (Å²) in [7, 11) is 0. The second kappa shape index (κ2) is 6.95. The van der Waals surface area contributed by atoms with Gasteiger partial charge in [-0.15, -0.1) is 0 Å². The van der Waals surface area contributed by atoms with Crippen LogP contribution in [0.2, 0.25) is 0 Å². The van der Waals surface area contributed by atoms with Gasteiger partial charge in [-0.1, -0.05) is 44.2 Å². The fraction of sp³-hybridized carbons (Fsp3) is 0.316. The Labute approximate surface area is 127 Å². The second-order valence-corrected chi connectivity index (χ2v) is 5.62. The van der Waals surface area contributed by atoms with Crippen LogP contribution in [0.1, 0.15) is 38.2 Å². The second-order valence-electron chi connectivity index (χ2n) is 5.62. The fourth-order valence-corrected chi connectivity index (χ4v) is 2.69. The van der Waals surface area contributed by atoms with Crippen LogP contribution in [0.3, 0.4) is 0 Å². The number of hydrogen-bond donors (Lipinski definition) is 1. The molecule has 2 heteroatoms. The van der Waals surface area contributed by atoms with E-state index in [1.54, 1.807) is 0 Å². The summed E-state index contributed by atoms with van der Waals surface area (Å²) in [5.74, 6) is 0.724. The topological polar surface area (TPSA) is 49.8 Å². The number of benzene rings is 1. The predicted octanol–water partition coefficient (Wildman–Crippen LogP) is 4.73. The monoisotopic (exact) mass is 278 g/mol. The van der Waals surface area contributed by atoms with Gasteiger partial charge in [0, 0.05) is 17.2 Å². The Morgan fingerprint density at radius 2 is 2.24 bits per heavy atom. The molecule has 1 aromatic carbocycles. The first-order chi connectivity index (χ1) is 10.1. The molecule has 0 fully saturated rings. The van der Waals surface area contributed by atoms with Crippen molar-refractivity contribution in [3.63, 3.8) is 0 Å². The zero-order chi connectivity index (χ0) is 15.2. The van der Waals surface area contributed by atoms with Gasteiger partial charge in [-0.3, -0.25) is 0 Å². The molecule has 2 N–H and O–H groups in total. The molecule has 0 saturated heterocycles. The molecule has 0 radical (unpaired) electrons. The predicted molar refractivity (Wildman–Crippen MR) is 88.6 cm³/mol. The average Bonchev–Trinajstić information content (AvgIpc) is 2.47. The van der Waals surface area contributed by atoms with E-state index in [-0.39, 0.29) is 5.92 Å². The number of nitrogens with two attached hydrogens (primary N) is 1. The number of nitrogens with zero attached hydrogens (tertiary/aromatic N) is 1. The summed E-state index contributed by atoms with van der Waals surface area (Å²) in [5, 5.41) is 9.27. The molecule has 21 heavy (non-hydrogen) atoms. The zero-order valence-corrected chi connectivity index (χ0v) is 12.7. The third-order valence-electron chi connectivity index (χ3n) is 3.90. The Hall–Kier alpha value is -2.27. The van der Waals surface area contributed by atoms with Crippen molar-refractivity contribution in [2.75, 3.05) is 5.73 Å². The van der Waals surface area contributed by atoms with Crippen molar-refractivity contribution in [2.24, 2.45) is 5.92 Å². The quantitative estimate of drug-likeness (QED) is 0.812. The smallest absolute Gasteiger partial charge is 0.0988 e. The molecule has 0 heterocycles. The lowest BCUT2D eigenvalue weighted by atomic mass is 9.85.